The third kappa shape index (κ3) is 2.97. The summed E-state index contributed by atoms with van der Waals surface area (Å²) in [5, 5.41) is 9.02. The highest BCUT2D eigenvalue weighted by Crippen LogP contribution is 2.23. The first-order chi connectivity index (χ1) is 8.18. The Morgan fingerprint density at radius 1 is 1.24 bits per heavy atom. The standard InChI is InChI=1S/C12H19NO4/c14-11(8-9-3-6-17-7-4-9)13-5-1-2-10(13)12(15)16/h9-10H,1-8H2,(H,15,16)/t10-/m1/s1. The molecule has 5 heteroatoms. The number of carboxylic acid groups (broad SMARTS) is 1. The van der Waals surface area contributed by atoms with Gasteiger partial charge in [-0.3, -0.25) is 4.79 Å². The number of ether oxygens (including phenoxy) is 1. The second-order valence-corrected chi connectivity index (χ2v) is 4.84. The van der Waals surface area contributed by atoms with Crippen molar-refractivity contribution in [3.05, 3.63) is 0 Å². The lowest BCUT2D eigenvalue weighted by Crippen LogP contribution is -2.41. The molecule has 2 heterocycles. The zero-order valence-electron chi connectivity index (χ0n) is 9.93. The summed E-state index contributed by atoms with van der Waals surface area (Å²) in [5.74, 6) is -0.504. The maximum Gasteiger partial charge on any atom is 0.326 e. The molecule has 0 aromatic heterocycles. The average molecular weight is 241 g/mol. The van der Waals surface area contributed by atoms with E-state index in [1.807, 2.05) is 0 Å². The average Bonchev–Trinajstić information content (AvgIpc) is 2.79. The SMILES string of the molecule is O=C(O)[C@H]1CCCN1C(=O)CC1CCOCC1. The predicted molar refractivity (Wildman–Crippen MR) is 60.5 cm³/mol. The molecule has 0 aliphatic carbocycles. The van der Waals surface area contributed by atoms with E-state index in [0.29, 0.717) is 25.3 Å². The lowest BCUT2D eigenvalue weighted by molar-refractivity contribution is -0.148. The monoisotopic (exact) mass is 241 g/mol. The van der Waals surface area contributed by atoms with Crippen LogP contribution in [-0.2, 0) is 14.3 Å². The molecule has 2 aliphatic rings. The van der Waals surface area contributed by atoms with E-state index in [2.05, 4.69) is 0 Å². The zero-order chi connectivity index (χ0) is 12.3. The summed E-state index contributed by atoms with van der Waals surface area (Å²) in [5.41, 5.74) is 0. The largest absolute Gasteiger partial charge is 0.480 e. The molecule has 2 aliphatic heterocycles. The van der Waals surface area contributed by atoms with E-state index in [-0.39, 0.29) is 5.91 Å². The number of aliphatic carboxylic acids is 1. The van der Waals surface area contributed by atoms with Crippen LogP contribution in [0.2, 0.25) is 0 Å². The minimum Gasteiger partial charge on any atom is -0.480 e. The van der Waals surface area contributed by atoms with Crippen LogP contribution in [0, 0.1) is 5.92 Å². The first-order valence-corrected chi connectivity index (χ1v) is 6.28. The maximum atomic E-state index is 12.1. The van der Waals surface area contributed by atoms with Crippen LogP contribution in [0.1, 0.15) is 32.1 Å². The molecular formula is C12H19NO4. The molecule has 0 aromatic rings. The highest BCUT2D eigenvalue weighted by atomic mass is 16.5. The normalized spacial score (nSPS) is 26.1. The molecular weight excluding hydrogens is 222 g/mol. The van der Waals surface area contributed by atoms with Gasteiger partial charge in [0.15, 0.2) is 0 Å². The van der Waals surface area contributed by atoms with Crippen molar-refractivity contribution in [1.82, 2.24) is 4.90 Å². The van der Waals surface area contributed by atoms with Gasteiger partial charge >= 0.3 is 5.97 Å². The summed E-state index contributed by atoms with van der Waals surface area (Å²) >= 11 is 0. The summed E-state index contributed by atoms with van der Waals surface area (Å²) < 4.78 is 5.25. The number of carbonyl (C=O) groups is 2. The number of amides is 1. The Balaban J connectivity index is 1.88. The van der Waals surface area contributed by atoms with Gasteiger partial charge in [-0.1, -0.05) is 0 Å². The third-order valence-electron chi connectivity index (χ3n) is 3.66. The van der Waals surface area contributed by atoms with Crippen LogP contribution < -0.4 is 0 Å². The van der Waals surface area contributed by atoms with E-state index in [0.717, 1.165) is 32.5 Å². The molecule has 0 unspecified atom stereocenters. The number of rotatable bonds is 3. The Labute approximate surface area is 101 Å². The van der Waals surface area contributed by atoms with Crippen molar-refractivity contribution in [2.75, 3.05) is 19.8 Å². The van der Waals surface area contributed by atoms with Gasteiger partial charge in [-0.25, -0.2) is 4.79 Å². The Morgan fingerprint density at radius 3 is 2.59 bits per heavy atom. The van der Waals surface area contributed by atoms with Gasteiger partial charge in [-0.05, 0) is 31.6 Å². The smallest absolute Gasteiger partial charge is 0.326 e. The summed E-state index contributed by atoms with van der Waals surface area (Å²) in [6.07, 6.45) is 3.70. The molecule has 2 saturated heterocycles. The van der Waals surface area contributed by atoms with Gasteiger partial charge in [0.1, 0.15) is 6.04 Å². The fraction of sp³-hybridized carbons (Fsp3) is 0.833. The number of hydrogen-bond donors (Lipinski definition) is 1. The molecule has 2 rings (SSSR count). The molecule has 5 nitrogen and oxygen atoms in total. The van der Waals surface area contributed by atoms with Crippen molar-refractivity contribution in [2.24, 2.45) is 5.92 Å². The van der Waals surface area contributed by atoms with Gasteiger partial charge in [0.2, 0.25) is 5.91 Å². The Bertz CT molecular complexity index is 299. The van der Waals surface area contributed by atoms with Crippen molar-refractivity contribution in [3.63, 3.8) is 0 Å². The van der Waals surface area contributed by atoms with E-state index in [9.17, 15) is 9.59 Å². The molecule has 0 aromatic carbocycles. The summed E-state index contributed by atoms with van der Waals surface area (Å²) in [7, 11) is 0. The molecule has 0 saturated carbocycles. The molecule has 1 atom stereocenters. The second-order valence-electron chi connectivity index (χ2n) is 4.84. The lowest BCUT2D eigenvalue weighted by atomic mass is 9.96. The molecule has 1 amide bonds. The second kappa shape index (κ2) is 5.49. The van der Waals surface area contributed by atoms with Crippen molar-refractivity contribution < 1.29 is 19.4 Å². The molecule has 2 fully saturated rings. The minimum absolute atomic E-state index is 0.00167. The van der Waals surface area contributed by atoms with Gasteiger partial charge in [0.05, 0.1) is 0 Å². The van der Waals surface area contributed by atoms with Gasteiger partial charge in [-0.15, -0.1) is 0 Å². The first-order valence-electron chi connectivity index (χ1n) is 6.28. The molecule has 17 heavy (non-hydrogen) atoms. The van der Waals surface area contributed by atoms with Crippen molar-refractivity contribution in [3.8, 4) is 0 Å². The maximum absolute atomic E-state index is 12.1. The Hall–Kier alpha value is -1.10. The number of hydrogen-bond acceptors (Lipinski definition) is 3. The van der Waals surface area contributed by atoms with E-state index < -0.39 is 12.0 Å². The predicted octanol–water partition coefficient (Wildman–Crippen LogP) is 0.879. The number of nitrogens with zero attached hydrogens (tertiary/aromatic N) is 1. The molecule has 0 bridgehead atoms. The summed E-state index contributed by atoms with van der Waals surface area (Å²) in [6, 6.07) is -0.595. The minimum atomic E-state index is -0.872. The Kier molecular flexibility index (Phi) is 3.99. The fourth-order valence-electron chi connectivity index (χ4n) is 2.64. The van der Waals surface area contributed by atoms with Crippen molar-refractivity contribution in [2.45, 2.75) is 38.1 Å². The number of likely N-dealkylation sites (tertiary alicyclic amines) is 1. The van der Waals surface area contributed by atoms with E-state index in [4.69, 9.17) is 9.84 Å². The summed E-state index contributed by atoms with van der Waals surface area (Å²) in [6.45, 7) is 2.04. The summed E-state index contributed by atoms with van der Waals surface area (Å²) in [4.78, 5) is 24.6. The fourth-order valence-corrected chi connectivity index (χ4v) is 2.64. The van der Waals surface area contributed by atoms with Gasteiger partial charge in [0.25, 0.3) is 0 Å². The van der Waals surface area contributed by atoms with Crippen LogP contribution >= 0.6 is 0 Å². The highest BCUT2D eigenvalue weighted by molar-refractivity contribution is 5.84. The topological polar surface area (TPSA) is 66.8 Å². The first kappa shape index (κ1) is 12.4. The van der Waals surface area contributed by atoms with Crippen molar-refractivity contribution in [1.29, 1.82) is 0 Å². The van der Waals surface area contributed by atoms with Gasteiger partial charge < -0.3 is 14.7 Å². The molecule has 0 radical (unpaired) electrons. The van der Waals surface area contributed by atoms with Crippen LogP contribution in [0.4, 0.5) is 0 Å². The van der Waals surface area contributed by atoms with Gasteiger partial charge in [-0.2, -0.15) is 0 Å². The van der Waals surface area contributed by atoms with E-state index >= 15 is 0 Å². The van der Waals surface area contributed by atoms with Crippen LogP contribution in [0.3, 0.4) is 0 Å². The lowest BCUT2D eigenvalue weighted by Gasteiger charge is -2.26. The number of carbonyl (C=O) groups excluding carboxylic acids is 1. The third-order valence-corrected chi connectivity index (χ3v) is 3.66. The molecule has 0 spiro atoms. The van der Waals surface area contributed by atoms with Crippen LogP contribution in [-0.4, -0.2) is 47.7 Å². The Morgan fingerprint density at radius 2 is 1.94 bits per heavy atom. The number of carboxylic acids is 1. The molecule has 96 valence electrons. The highest BCUT2D eigenvalue weighted by Gasteiger charge is 2.34. The van der Waals surface area contributed by atoms with E-state index in [1.54, 1.807) is 0 Å². The molecule has 1 N–H and O–H groups in total. The quantitative estimate of drug-likeness (QED) is 0.796. The van der Waals surface area contributed by atoms with E-state index in [1.165, 1.54) is 4.90 Å². The van der Waals surface area contributed by atoms with Gasteiger partial charge in [0, 0.05) is 26.2 Å². The zero-order valence-corrected chi connectivity index (χ0v) is 9.93. The van der Waals surface area contributed by atoms with Crippen molar-refractivity contribution >= 4 is 11.9 Å². The van der Waals surface area contributed by atoms with Crippen LogP contribution in [0.5, 0.6) is 0 Å². The van der Waals surface area contributed by atoms with Crippen LogP contribution in [0.15, 0.2) is 0 Å². The van der Waals surface area contributed by atoms with Crippen LogP contribution in [0.25, 0.3) is 0 Å².